The van der Waals surface area contributed by atoms with Gasteiger partial charge in [0.2, 0.25) is 0 Å². The van der Waals surface area contributed by atoms with Gasteiger partial charge in [0.1, 0.15) is 5.15 Å². The van der Waals surface area contributed by atoms with Crippen LogP contribution < -0.4 is 0 Å². The quantitative estimate of drug-likeness (QED) is 0.566. The van der Waals surface area contributed by atoms with Gasteiger partial charge in [-0.25, -0.2) is 4.98 Å². The molecule has 0 fully saturated rings. The van der Waals surface area contributed by atoms with E-state index >= 15 is 0 Å². The Labute approximate surface area is 79.9 Å². The van der Waals surface area contributed by atoms with Crippen LogP contribution in [0.2, 0.25) is 5.15 Å². The molecule has 0 radical (unpaired) electrons. The summed E-state index contributed by atoms with van der Waals surface area (Å²) in [6, 6.07) is 3.89. The van der Waals surface area contributed by atoms with Crippen LogP contribution in [0, 0.1) is 0 Å². The molecule has 0 saturated carbocycles. The highest BCUT2D eigenvalue weighted by Crippen LogP contribution is 2.16. The lowest BCUT2D eigenvalue weighted by molar-refractivity contribution is 0.950. The molecule has 1 unspecified atom stereocenters. The second-order valence-corrected chi connectivity index (χ2v) is 4.36. The number of aromatic nitrogens is 1. The zero-order valence-corrected chi connectivity index (χ0v) is 8.56. The Kier molecular flexibility index (Phi) is 3.34. The summed E-state index contributed by atoms with van der Waals surface area (Å²) in [4.78, 5) is 4.43. The fourth-order valence-electron chi connectivity index (χ4n) is 0.875. The van der Waals surface area contributed by atoms with Gasteiger partial charge in [0.25, 0.3) is 0 Å². The SMILES string of the molecule is CC(Br)Cc1cccnc1Cl. The van der Waals surface area contributed by atoms with Gasteiger partial charge in [0.05, 0.1) is 0 Å². The largest absolute Gasteiger partial charge is 0.244 e. The van der Waals surface area contributed by atoms with Crippen LogP contribution in [0.1, 0.15) is 12.5 Å². The molecule has 0 aromatic carbocycles. The first-order valence-corrected chi connectivity index (χ1v) is 4.73. The van der Waals surface area contributed by atoms with Gasteiger partial charge >= 0.3 is 0 Å². The average Bonchev–Trinajstić information content (AvgIpc) is 1.93. The molecular formula is C8H9BrClN. The predicted molar refractivity (Wildman–Crippen MR) is 51.3 cm³/mol. The maximum atomic E-state index is 5.84. The van der Waals surface area contributed by atoms with Gasteiger partial charge in [-0.1, -0.05) is 40.5 Å². The standard InChI is InChI=1S/C8H9BrClN/c1-6(9)5-7-3-2-4-11-8(7)10/h2-4,6H,5H2,1H3. The second-order valence-electron chi connectivity index (χ2n) is 2.44. The minimum atomic E-state index is 0.448. The molecule has 1 heterocycles. The van der Waals surface area contributed by atoms with E-state index in [1.54, 1.807) is 6.20 Å². The van der Waals surface area contributed by atoms with Crippen LogP contribution in [0.3, 0.4) is 0 Å². The second kappa shape index (κ2) is 4.07. The lowest BCUT2D eigenvalue weighted by atomic mass is 10.2. The molecule has 0 amide bonds. The van der Waals surface area contributed by atoms with Gasteiger partial charge in [0.15, 0.2) is 0 Å². The summed E-state index contributed by atoms with van der Waals surface area (Å²) in [5.74, 6) is 0. The minimum Gasteiger partial charge on any atom is -0.244 e. The summed E-state index contributed by atoms with van der Waals surface area (Å²) in [6.45, 7) is 2.09. The van der Waals surface area contributed by atoms with Crippen LogP contribution in [0.5, 0.6) is 0 Å². The first-order chi connectivity index (χ1) is 5.20. The molecule has 0 N–H and O–H groups in total. The topological polar surface area (TPSA) is 12.9 Å². The first-order valence-electron chi connectivity index (χ1n) is 3.43. The summed E-state index contributed by atoms with van der Waals surface area (Å²) in [5, 5.41) is 0.610. The lowest BCUT2D eigenvalue weighted by Crippen LogP contribution is -1.97. The number of hydrogen-bond donors (Lipinski definition) is 0. The Morgan fingerprint density at radius 3 is 3.00 bits per heavy atom. The molecule has 0 aliphatic carbocycles. The normalized spacial score (nSPS) is 13.0. The molecule has 1 atom stereocenters. The molecule has 0 aliphatic heterocycles. The van der Waals surface area contributed by atoms with Crippen LogP contribution >= 0.6 is 27.5 Å². The highest BCUT2D eigenvalue weighted by atomic mass is 79.9. The molecule has 0 saturated heterocycles. The highest BCUT2D eigenvalue weighted by Gasteiger charge is 2.02. The van der Waals surface area contributed by atoms with Crippen molar-refractivity contribution in [3.05, 3.63) is 29.0 Å². The Balaban J connectivity index is 2.78. The Hall–Kier alpha value is -0.0800. The zero-order chi connectivity index (χ0) is 8.27. The number of alkyl halides is 1. The van der Waals surface area contributed by atoms with Crippen LogP contribution in [-0.2, 0) is 6.42 Å². The first kappa shape index (κ1) is 9.01. The highest BCUT2D eigenvalue weighted by molar-refractivity contribution is 9.09. The molecule has 1 nitrogen and oxygen atoms in total. The van der Waals surface area contributed by atoms with Gasteiger partial charge in [-0.2, -0.15) is 0 Å². The van der Waals surface area contributed by atoms with E-state index in [1.165, 1.54) is 0 Å². The predicted octanol–water partition coefficient (Wildman–Crippen LogP) is 3.06. The van der Waals surface area contributed by atoms with E-state index < -0.39 is 0 Å². The van der Waals surface area contributed by atoms with Crippen molar-refractivity contribution in [1.82, 2.24) is 4.98 Å². The van der Waals surface area contributed by atoms with Crippen molar-refractivity contribution in [1.29, 1.82) is 0 Å². The molecule has 11 heavy (non-hydrogen) atoms. The molecule has 0 aliphatic rings. The van der Waals surface area contributed by atoms with Gasteiger partial charge < -0.3 is 0 Å². The monoisotopic (exact) mass is 233 g/mol. The summed E-state index contributed by atoms with van der Waals surface area (Å²) >= 11 is 9.30. The molecule has 0 bridgehead atoms. The molecule has 0 spiro atoms. The number of pyridine rings is 1. The van der Waals surface area contributed by atoms with Crippen molar-refractivity contribution in [3.8, 4) is 0 Å². The van der Waals surface area contributed by atoms with Gasteiger partial charge in [-0.05, 0) is 18.1 Å². The third kappa shape index (κ3) is 2.80. The summed E-state index contributed by atoms with van der Waals surface area (Å²) in [7, 11) is 0. The fraction of sp³-hybridized carbons (Fsp3) is 0.375. The van der Waals surface area contributed by atoms with Crippen LogP contribution in [0.4, 0.5) is 0 Å². The van der Waals surface area contributed by atoms with E-state index in [0.717, 1.165) is 12.0 Å². The Morgan fingerprint density at radius 1 is 1.73 bits per heavy atom. The molecular weight excluding hydrogens is 225 g/mol. The molecule has 60 valence electrons. The molecule has 1 rings (SSSR count). The summed E-state index contributed by atoms with van der Waals surface area (Å²) in [5.41, 5.74) is 1.10. The van der Waals surface area contributed by atoms with Crippen LogP contribution in [-0.4, -0.2) is 9.81 Å². The maximum Gasteiger partial charge on any atom is 0.132 e. The van der Waals surface area contributed by atoms with Crippen molar-refractivity contribution in [2.24, 2.45) is 0 Å². The van der Waals surface area contributed by atoms with E-state index in [2.05, 4.69) is 27.8 Å². The lowest BCUT2D eigenvalue weighted by Gasteiger charge is -2.03. The van der Waals surface area contributed by atoms with E-state index in [4.69, 9.17) is 11.6 Å². The number of halogens is 2. The van der Waals surface area contributed by atoms with E-state index in [-0.39, 0.29) is 0 Å². The summed E-state index contributed by atoms with van der Waals surface area (Å²) in [6.07, 6.45) is 2.62. The van der Waals surface area contributed by atoms with Crippen molar-refractivity contribution < 1.29 is 0 Å². The maximum absolute atomic E-state index is 5.84. The summed E-state index contributed by atoms with van der Waals surface area (Å²) < 4.78 is 0. The van der Waals surface area contributed by atoms with Crippen LogP contribution in [0.15, 0.2) is 18.3 Å². The van der Waals surface area contributed by atoms with Crippen molar-refractivity contribution in [2.75, 3.05) is 0 Å². The molecule has 1 aromatic rings. The number of rotatable bonds is 2. The smallest absolute Gasteiger partial charge is 0.132 e. The Bertz CT molecular complexity index is 237. The van der Waals surface area contributed by atoms with Gasteiger partial charge in [-0.15, -0.1) is 0 Å². The van der Waals surface area contributed by atoms with Gasteiger partial charge in [-0.3, -0.25) is 0 Å². The fourth-order valence-corrected chi connectivity index (χ4v) is 1.42. The van der Waals surface area contributed by atoms with Crippen molar-refractivity contribution in [2.45, 2.75) is 18.2 Å². The Morgan fingerprint density at radius 2 is 2.45 bits per heavy atom. The van der Waals surface area contributed by atoms with Crippen LogP contribution in [0.25, 0.3) is 0 Å². The van der Waals surface area contributed by atoms with E-state index in [1.807, 2.05) is 12.1 Å². The minimum absolute atomic E-state index is 0.448. The number of nitrogens with zero attached hydrogens (tertiary/aromatic N) is 1. The zero-order valence-electron chi connectivity index (χ0n) is 6.22. The van der Waals surface area contributed by atoms with E-state index in [0.29, 0.717) is 9.98 Å². The molecule has 3 heteroatoms. The third-order valence-electron chi connectivity index (χ3n) is 1.34. The van der Waals surface area contributed by atoms with Crippen molar-refractivity contribution in [3.63, 3.8) is 0 Å². The van der Waals surface area contributed by atoms with E-state index in [9.17, 15) is 0 Å². The number of hydrogen-bond acceptors (Lipinski definition) is 1. The average molecular weight is 235 g/mol. The van der Waals surface area contributed by atoms with Gasteiger partial charge in [0, 0.05) is 11.0 Å². The molecule has 1 aromatic heterocycles. The third-order valence-corrected chi connectivity index (χ3v) is 2.00. The van der Waals surface area contributed by atoms with Crippen molar-refractivity contribution >= 4 is 27.5 Å².